The molecule has 1 amide bonds. The molecule has 5 nitrogen and oxygen atoms in total. The van der Waals surface area contributed by atoms with Crippen LogP contribution in [0.3, 0.4) is 0 Å². The number of sulfonamides is 1. The summed E-state index contributed by atoms with van der Waals surface area (Å²) in [4.78, 5) is 10.7. The van der Waals surface area contributed by atoms with Crippen LogP contribution in [0.4, 0.5) is 0 Å². The van der Waals surface area contributed by atoms with Crippen LogP contribution in [0, 0.1) is 0 Å². The highest BCUT2D eigenvalue weighted by atomic mass is 79.9. The van der Waals surface area contributed by atoms with Gasteiger partial charge in [0.15, 0.2) is 0 Å². The van der Waals surface area contributed by atoms with E-state index in [1.54, 1.807) is 6.92 Å². The van der Waals surface area contributed by atoms with E-state index in [9.17, 15) is 13.2 Å². The molecule has 1 aromatic rings. The number of carbonyl (C=O) groups excluding carboxylic acids is 1. The predicted octanol–water partition coefficient (Wildman–Crippen LogP) is 1.71. The van der Waals surface area contributed by atoms with E-state index in [1.165, 1.54) is 6.07 Å². The van der Waals surface area contributed by atoms with Crippen LogP contribution in [0.25, 0.3) is 0 Å². The number of rotatable bonds is 5. The molecule has 0 spiro atoms. The predicted molar refractivity (Wildman–Crippen MR) is 70.6 cm³/mol. The lowest BCUT2D eigenvalue weighted by atomic mass is 10.2. The fourth-order valence-electron chi connectivity index (χ4n) is 1.13. The molecule has 0 bridgehead atoms. The topological polar surface area (TPSA) is 89.3 Å². The Labute approximate surface area is 117 Å². The largest absolute Gasteiger partial charge is 0.370 e. The molecule has 17 heavy (non-hydrogen) atoms. The number of hydrogen-bond acceptors (Lipinski definition) is 4. The number of halogens is 2. The summed E-state index contributed by atoms with van der Waals surface area (Å²) in [5.74, 6) is -0.564. The van der Waals surface area contributed by atoms with Crippen molar-refractivity contribution in [3.8, 4) is 0 Å². The highest BCUT2D eigenvalue weighted by Crippen LogP contribution is 2.34. The summed E-state index contributed by atoms with van der Waals surface area (Å²) in [6.45, 7) is 1.56. The van der Waals surface area contributed by atoms with E-state index in [-0.39, 0.29) is 10.6 Å². The van der Waals surface area contributed by atoms with Gasteiger partial charge in [0.05, 0.1) is 8.81 Å². The maximum absolute atomic E-state index is 11.9. The van der Waals surface area contributed by atoms with Crippen molar-refractivity contribution in [2.24, 2.45) is 5.73 Å². The molecular formula is C8H10BrClN2O3S2. The Kier molecular flexibility index (Phi) is 4.96. The number of nitrogens with two attached hydrogens (primary N) is 1. The Balaban J connectivity index is 2.85. The van der Waals surface area contributed by atoms with Crippen molar-refractivity contribution in [2.75, 3.05) is 0 Å². The third-order valence-corrected chi connectivity index (χ3v) is 6.29. The molecule has 1 atom stereocenters. The van der Waals surface area contributed by atoms with E-state index >= 15 is 0 Å². The third-order valence-electron chi connectivity index (χ3n) is 1.75. The fraction of sp³-hybridized carbons (Fsp3) is 0.375. The second-order valence-electron chi connectivity index (χ2n) is 3.38. The second-order valence-corrected chi connectivity index (χ2v) is 8.10. The highest BCUT2D eigenvalue weighted by Gasteiger charge is 2.21. The van der Waals surface area contributed by atoms with Crippen LogP contribution >= 0.6 is 38.9 Å². The van der Waals surface area contributed by atoms with E-state index in [0.29, 0.717) is 8.81 Å². The standard InChI is InChI=1S/C8H10BrClN2O3S2/c1-4(2-6(11)13)12-17(14,15)7-3-5(10)8(9)16-7/h3-4,12H,2H2,1H3,(H2,11,13). The molecule has 0 aliphatic carbocycles. The minimum absolute atomic E-state index is 0.0560. The first kappa shape index (κ1) is 14.9. The van der Waals surface area contributed by atoms with E-state index in [0.717, 1.165) is 11.3 Å². The molecule has 0 aromatic carbocycles. The number of thiophene rings is 1. The summed E-state index contributed by atoms with van der Waals surface area (Å²) < 4.78 is 26.7. The average molecular weight is 362 g/mol. The summed E-state index contributed by atoms with van der Waals surface area (Å²) in [5.41, 5.74) is 4.98. The Morgan fingerprint density at radius 1 is 1.71 bits per heavy atom. The second kappa shape index (κ2) is 5.66. The van der Waals surface area contributed by atoms with Crippen molar-refractivity contribution in [3.05, 3.63) is 14.9 Å². The third kappa shape index (κ3) is 4.22. The van der Waals surface area contributed by atoms with E-state index in [4.69, 9.17) is 17.3 Å². The number of hydrogen-bond donors (Lipinski definition) is 2. The maximum atomic E-state index is 11.9. The van der Waals surface area contributed by atoms with Gasteiger partial charge in [0.25, 0.3) is 0 Å². The number of amides is 1. The van der Waals surface area contributed by atoms with Crippen molar-refractivity contribution < 1.29 is 13.2 Å². The van der Waals surface area contributed by atoms with Crippen LogP contribution in [-0.2, 0) is 14.8 Å². The van der Waals surface area contributed by atoms with Crippen molar-refractivity contribution in [3.63, 3.8) is 0 Å². The molecular weight excluding hydrogens is 352 g/mol. The molecule has 1 aromatic heterocycles. The molecule has 1 unspecified atom stereocenters. The average Bonchev–Trinajstić information content (AvgIpc) is 2.44. The molecule has 0 saturated heterocycles. The molecule has 3 N–H and O–H groups in total. The van der Waals surface area contributed by atoms with Gasteiger partial charge in [0.1, 0.15) is 4.21 Å². The van der Waals surface area contributed by atoms with Gasteiger partial charge in [-0.15, -0.1) is 11.3 Å². The van der Waals surface area contributed by atoms with Crippen LogP contribution in [-0.4, -0.2) is 20.4 Å². The Hall–Kier alpha value is -0.150. The maximum Gasteiger partial charge on any atom is 0.250 e. The lowest BCUT2D eigenvalue weighted by Gasteiger charge is -2.10. The summed E-state index contributed by atoms with van der Waals surface area (Å²) in [6.07, 6.45) is -0.0560. The lowest BCUT2D eigenvalue weighted by molar-refractivity contribution is -0.118. The first-order valence-corrected chi connectivity index (χ1v) is 7.95. The van der Waals surface area contributed by atoms with Crippen molar-refractivity contribution in [1.82, 2.24) is 4.72 Å². The molecule has 0 radical (unpaired) electrons. The van der Waals surface area contributed by atoms with Gasteiger partial charge in [-0.2, -0.15) is 0 Å². The van der Waals surface area contributed by atoms with E-state index in [2.05, 4.69) is 20.7 Å². The van der Waals surface area contributed by atoms with Gasteiger partial charge in [-0.3, -0.25) is 4.79 Å². The van der Waals surface area contributed by atoms with Gasteiger partial charge in [0.2, 0.25) is 15.9 Å². The molecule has 96 valence electrons. The number of nitrogens with one attached hydrogen (secondary N) is 1. The Morgan fingerprint density at radius 3 is 2.71 bits per heavy atom. The van der Waals surface area contributed by atoms with Gasteiger partial charge < -0.3 is 5.73 Å². The van der Waals surface area contributed by atoms with Crippen LogP contribution in [0.1, 0.15) is 13.3 Å². The van der Waals surface area contributed by atoms with Crippen LogP contribution in [0.2, 0.25) is 5.02 Å². The SMILES string of the molecule is CC(CC(N)=O)NS(=O)(=O)c1cc(Cl)c(Br)s1. The fourth-order valence-corrected chi connectivity index (χ4v) is 4.78. The smallest absolute Gasteiger partial charge is 0.250 e. The first-order valence-electron chi connectivity index (χ1n) is 4.48. The van der Waals surface area contributed by atoms with Gasteiger partial charge >= 0.3 is 0 Å². The van der Waals surface area contributed by atoms with E-state index in [1.807, 2.05) is 0 Å². The zero-order valence-electron chi connectivity index (χ0n) is 8.74. The minimum atomic E-state index is -3.66. The molecule has 0 aliphatic heterocycles. The first-order chi connectivity index (χ1) is 7.72. The minimum Gasteiger partial charge on any atom is -0.370 e. The normalized spacial score (nSPS) is 13.6. The van der Waals surface area contributed by atoms with Gasteiger partial charge in [-0.05, 0) is 28.9 Å². The van der Waals surface area contributed by atoms with Crippen LogP contribution in [0.5, 0.6) is 0 Å². The van der Waals surface area contributed by atoms with E-state index < -0.39 is 22.0 Å². The molecule has 9 heteroatoms. The van der Waals surface area contributed by atoms with Gasteiger partial charge in [0, 0.05) is 12.5 Å². The molecule has 0 aliphatic rings. The zero-order chi connectivity index (χ0) is 13.2. The summed E-state index contributed by atoms with van der Waals surface area (Å²) in [7, 11) is -3.66. The summed E-state index contributed by atoms with van der Waals surface area (Å²) in [5, 5.41) is 0.331. The monoisotopic (exact) mass is 360 g/mol. The van der Waals surface area contributed by atoms with Crippen LogP contribution in [0.15, 0.2) is 14.1 Å². The quantitative estimate of drug-likeness (QED) is 0.836. The Morgan fingerprint density at radius 2 is 2.29 bits per heavy atom. The van der Waals surface area contributed by atoms with Crippen LogP contribution < -0.4 is 10.5 Å². The highest BCUT2D eigenvalue weighted by molar-refractivity contribution is 9.11. The summed E-state index contributed by atoms with van der Waals surface area (Å²) in [6, 6.07) is 0.785. The van der Waals surface area contributed by atoms with Crippen molar-refractivity contribution in [2.45, 2.75) is 23.6 Å². The molecule has 0 fully saturated rings. The van der Waals surface area contributed by atoms with Gasteiger partial charge in [-0.25, -0.2) is 13.1 Å². The molecule has 1 heterocycles. The number of primary amides is 1. The van der Waals surface area contributed by atoms with Crippen molar-refractivity contribution in [1.29, 1.82) is 0 Å². The van der Waals surface area contributed by atoms with Crippen molar-refractivity contribution >= 4 is 54.8 Å². The van der Waals surface area contributed by atoms with Gasteiger partial charge in [-0.1, -0.05) is 11.6 Å². The molecule has 1 rings (SSSR count). The lowest BCUT2D eigenvalue weighted by Crippen LogP contribution is -2.35. The zero-order valence-corrected chi connectivity index (χ0v) is 12.7. The molecule has 0 saturated carbocycles. The number of carbonyl (C=O) groups is 1. The summed E-state index contributed by atoms with van der Waals surface area (Å²) >= 11 is 9.89. The Bertz CT molecular complexity index is 509.